The Hall–Kier alpha value is -1.92. The molecule has 0 aliphatic heterocycles. The Morgan fingerprint density at radius 3 is 2.50 bits per heavy atom. The molecule has 1 aromatic carbocycles. The van der Waals surface area contributed by atoms with Crippen molar-refractivity contribution in [3.8, 4) is 23.3 Å². The van der Waals surface area contributed by atoms with Crippen molar-refractivity contribution >= 4 is 6.08 Å². The third-order valence-electron chi connectivity index (χ3n) is 3.34. The van der Waals surface area contributed by atoms with Crippen molar-refractivity contribution < 1.29 is 14.6 Å². The second-order valence-electron chi connectivity index (χ2n) is 4.98. The molecule has 3 heteroatoms. The maximum atomic E-state index is 8.53. The number of unbranched alkanes of at least 4 members (excludes halogenated alkanes) is 5. The Morgan fingerprint density at radius 1 is 1.00 bits per heavy atom. The maximum absolute atomic E-state index is 8.53. The number of aliphatic hydroxyl groups excluding tert-OH is 1. The number of aliphatic hydroxyl groups is 1. The third kappa shape index (κ3) is 7.19. The molecular formula is C19H26O3. The lowest BCUT2D eigenvalue weighted by Gasteiger charge is -2.07. The average molecular weight is 302 g/mol. The number of allylic oxidation sites excluding steroid dienone is 1. The summed E-state index contributed by atoms with van der Waals surface area (Å²) in [6.07, 6.45) is 11.0. The number of rotatable bonds is 9. The highest BCUT2D eigenvalue weighted by molar-refractivity contribution is 5.55. The highest BCUT2D eigenvalue weighted by Gasteiger charge is 2.02. The van der Waals surface area contributed by atoms with Crippen molar-refractivity contribution in [1.29, 1.82) is 0 Å². The van der Waals surface area contributed by atoms with Gasteiger partial charge in [0.1, 0.15) is 6.61 Å². The summed E-state index contributed by atoms with van der Waals surface area (Å²) >= 11 is 0. The van der Waals surface area contributed by atoms with Gasteiger partial charge in [0.15, 0.2) is 11.5 Å². The van der Waals surface area contributed by atoms with Gasteiger partial charge in [0.25, 0.3) is 0 Å². The summed E-state index contributed by atoms with van der Waals surface area (Å²) in [6, 6.07) is 5.93. The van der Waals surface area contributed by atoms with Crippen molar-refractivity contribution in [3.63, 3.8) is 0 Å². The molecule has 22 heavy (non-hydrogen) atoms. The summed E-state index contributed by atoms with van der Waals surface area (Å²) in [6.45, 7) is -0.0268. The molecule has 0 heterocycles. The van der Waals surface area contributed by atoms with E-state index in [1.807, 2.05) is 18.2 Å². The fourth-order valence-corrected chi connectivity index (χ4v) is 2.15. The quantitative estimate of drug-likeness (QED) is 0.552. The molecule has 0 amide bonds. The van der Waals surface area contributed by atoms with E-state index in [1.165, 1.54) is 19.3 Å². The molecule has 0 bridgehead atoms. The topological polar surface area (TPSA) is 38.7 Å². The van der Waals surface area contributed by atoms with Crippen LogP contribution in [-0.2, 0) is 0 Å². The Morgan fingerprint density at radius 2 is 1.77 bits per heavy atom. The molecule has 0 saturated heterocycles. The molecule has 0 spiro atoms. The largest absolute Gasteiger partial charge is 0.493 e. The fourth-order valence-electron chi connectivity index (χ4n) is 2.15. The molecule has 1 N–H and O–H groups in total. The molecule has 0 atom stereocenters. The number of benzene rings is 1. The molecule has 3 nitrogen and oxygen atoms in total. The highest BCUT2D eigenvalue weighted by Crippen LogP contribution is 2.28. The van der Waals surface area contributed by atoms with Crippen LogP contribution in [0.1, 0.15) is 44.1 Å². The van der Waals surface area contributed by atoms with E-state index in [0.717, 1.165) is 36.3 Å². The first kappa shape index (κ1) is 18.1. The van der Waals surface area contributed by atoms with Crippen molar-refractivity contribution in [3.05, 3.63) is 29.8 Å². The predicted molar refractivity (Wildman–Crippen MR) is 91.1 cm³/mol. The Labute approximate surface area is 134 Å². The smallest absolute Gasteiger partial charge is 0.161 e. The summed E-state index contributed by atoms with van der Waals surface area (Å²) in [5.74, 6) is 7.12. The van der Waals surface area contributed by atoms with Crippen LogP contribution in [0.15, 0.2) is 24.3 Å². The zero-order chi connectivity index (χ0) is 16.0. The van der Waals surface area contributed by atoms with E-state index >= 15 is 0 Å². The van der Waals surface area contributed by atoms with Gasteiger partial charge in [-0.2, -0.15) is 0 Å². The molecule has 120 valence electrons. The molecule has 1 rings (SSSR count). The van der Waals surface area contributed by atoms with Crippen LogP contribution in [0.25, 0.3) is 6.08 Å². The van der Waals surface area contributed by atoms with Gasteiger partial charge in [-0.05, 0) is 37.0 Å². The lowest BCUT2D eigenvalue weighted by molar-refractivity contribution is 0.350. The van der Waals surface area contributed by atoms with Crippen LogP contribution < -0.4 is 9.47 Å². The first-order valence-corrected chi connectivity index (χ1v) is 7.77. The second-order valence-corrected chi connectivity index (χ2v) is 4.98. The van der Waals surface area contributed by atoms with Crippen LogP contribution >= 0.6 is 0 Å². The van der Waals surface area contributed by atoms with Crippen LogP contribution in [0.3, 0.4) is 0 Å². The summed E-state index contributed by atoms with van der Waals surface area (Å²) in [4.78, 5) is 0. The van der Waals surface area contributed by atoms with Crippen LogP contribution in [0, 0.1) is 11.8 Å². The summed E-state index contributed by atoms with van der Waals surface area (Å²) < 4.78 is 10.5. The SMILES string of the molecule is COc1ccc(/C=C/CCCCCCC#CCO)cc1OC. The Balaban J connectivity index is 2.23. The minimum atomic E-state index is -0.0268. The van der Waals surface area contributed by atoms with E-state index in [4.69, 9.17) is 14.6 Å². The van der Waals surface area contributed by atoms with Gasteiger partial charge in [0, 0.05) is 6.42 Å². The van der Waals surface area contributed by atoms with Gasteiger partial charge in [-0.25, -0.2) is 0 Å². The maximum Gasteiger partial charge on any atom is 0.161 e. The molecule has 0 fully saturated rings. The lowest BCUT2D eigenvalue weighted by Crippen LogP contribution is -1.90. The van der Waals surface area contributed by atoms with Crippen molar-refractivity contribution in [1.82, 2.24) is 0 Å². The normalized spacial score (nSPS) is 10.3. The highest BCUT2D eigenvalue weighted by atomic mass is 16.5. The molecule has 0 aliphatic rings. The van der Waals surface area contributed by atoms with Gasteiger partial charge >= 0.3 is 0 Å². The van der Waals surface area contributed by atoms with Gasteiger partial charge in [-0.15, -0.1) is 5.92 Å². The Kier molecular flexibility index (Phi) is 9.65. The fraction of sp³-hybridized carbons (Fsp3) is 0.474. The lowest BCUT2D eigenvalue weighted by atomic mass is 10.1. The number of ether oxygens (including phenoxy) is 2. The van der Waals surface area contributed by atoms with Gasteiger partial charge in [0.05, 0.1) is 14.2 Å². The molecule has 1 aromatic rings. The minimum Gasteiger partial charge on any atom is -0.493 e. The first-order chi connectivity index (χ1) is 10.8. The van der Waals surface area contributed by atoms with Crippen molar-refractivity contribution in [2.75, 3.05) is 20.8 Å². The zero-order valence-electron chi connectivity index (χ0n) is 13.6. The first-order valence-electron chi connectivity index (χ1n) is 7.77. The number of hydrogen-bond donors (Lipinski definition) is 1. The predicted octanol–water partition coefficient (Wildman–Crippen LogP) is 4.05. The van der Waals surface area contributed by atoms with E-state index < -0.39 is 0 Å². The van der Waals surface area contributed by atoms with Crippen LogP contribution in [0.5, 0.6) is 11.5 Å². The third-order valence-corrected chi connectivity index (χ3v) is 3.34. The van der Waals surface area contributed by atoms with Gasteiger partial charge < -0.3 is 14.6 Å². The standard InChI is InChI=1S/C19H26O3/c1-21-18-14-13-17(16-19(18)22-2)12-10-8-6-4-3-5-7-9-11-15-20/h10,12-14,16,20H,3-8,15H2,1-2H3/b12-10+. The van der Waals surface area contributed by atoms with Crippen molar-refractivity contribution in [2.45, 2.75) is 38.5 Å². The van der Waals surface area contributed by atoms with E-state index in [0.29, 0.717) is 0 Å². The number of hydrogen-bond acceptors (Lipinski definition) is 3. The Bertz CT molecular complexity index is 509. The van der Waals surface area contributed by atoms with Gasteiger partial charge in [-0.1, -0.05) is 37.0 Å². The molecule has 0 aromatic heterocycles. The van der Waals surface area contributed by atoms with Crippen LogP contribution in [-0.4, -0.2) is 25.9 Å². The van der Waals surface area contributed by atoms with Crippen LogP contribution in [0.2, 0.25) is 0 Å². The average Bonchev–Trinajstić information content (AvgIpc) is 2.56. The second kappa shape index (κ2) is 11.7. The molecular weight excluding hydrogens is 276 g/mol. The van der Waals surface area contributed by atoms with Gasteiger partial charge in [-0.3, -0.25) is 0 Å². The molecule has 0 unspecified atom stereocenters. The summed E-state index contributed by atoms with van der Waals surface area (Å²) in [7, 11) is 3.29. The van der Waals surface area contributed by atoms with E-state index in [-0.39, 0.29) is 6.61 Å². The zero-order valence-corrected chi connectivity index (χ0v) is 13.6. The molecule has 0 aliphatic carbocycles. The van der Waals surface area contributed by atoms with Crippen LogP contribution in [0.4, 0.5) is 0 Å². The van der Waals surface area contributed by atoms with Gasteiger partial charge in [0.2, 0.25) is 0 Å². The van der Waals surface area contributed by atoms with Crippen molar-refractivity contribution in [2.24, 2.45) is 0 Å². The summed E-state index contributed by atoms with van der Waals surface area (Å²) in [5.41, 5.74) is 1.12. The molecule has 0 saturated carbocycles. The minimum absolute atomic E-state index is 0.0268. The summed E-state index contributed by atoms with van der Waals surface area (Å²) in [5, 5.41) is 8.53. The van der Waals surface area contributed by atoms with E-state index in [9.17, 15) is 0 Å². The van der Waals surface area contributed by atoms with E-state index in [1.54, 1.807) is 14.2 Å². The van der Waals surface area contributed by atoms with E-state index in [2.05, 4.69) is 24.0 Å². The monoisotopic (exact) mass is 302 g/mol. The molecule has 0 radical (unpaired) electrons. The number of methoxy groups -OCH3 is 2.